The lowest BCUT2D eigenvalue weighted by Crippen LogP contribution is -1.90. The Bertz CT molecular complexity index is 482. The van der Waals surface area contributed by atoms with Gasteiger partial charge in [-0.2, -0.15) is 0 Å². The Morgan fingerprint density at radius 2 is 2.14 bits per heavy atom. The van der Waals surface area contributed by atoms with Gasteiger partial charge < -0.3 is 4.74 Å². The number of methoxy groups -OCH3 is 1. The monoisotopic (exact) mass is 191 g/mol. The summed E-state index contributed by atoms with van der Waals surface area (Å²) in [6.07, 6.45) is 1.70. The molecular weight excluding hydrogens is 181 g/mol. The predicted molar refractivity (Wildman–Crippen MR) is 53.0 cm³/mol. The molecule has 0 radical (unpaired) electrons. The van der Waals surface area contributed by atoms with Crippen molar-refractivity contribution in [3.05, 3.63) is 35.8 Å². The molecule has 0 aliphatic rings. The van der Waals surface area contributed by atoms with Gasteiger partial charge in [-0.3, -0.25) is 4.98 Å². The number of benzene rings is 1. The highest BCUT2D eigenvalue weighted by Crippen LogP contribution is 2.25. The van der Waals surface area contributed by atoms with E-state index in [1.165, 1.54) is 6.07 Å². The summed E-state index contributed by atoms with van der Waals surface area (Å²) in [6.45, 7) is 1.88. The molecule has 2 nitrogen and oxygen atoms in total. The van der Waals surface area contributed by atoms with Gasteiger partial charge in [-0.05, 0) is 30.7 Å². The summed E-state index contributed by atoms with van der Waals surface area (Å²) in [4.78, 5) is 4.15. The van der Waals surface area contributed by atoms with Crippen molar-refractivity contribution in [2.24, 2.45) is 0 Å². The Hall–Kier alpha value is -1.64. The minimum atomic E-state index is -0.267. The van der Waals surface area contributed by atoms with Gasteiger partial charge in [0.1, 0.15) is 17.1 Å². The Kier molecular flexibility index (Phi) is 2.08. The maximum Gasteiger partial charge on any atom is 0.145 e. The van der Waals surface area contributed by atoms with E-state index < -0.39 is 0 Å². The molecule has 1 aromatic carbocycles. The molecule has 0 saturated heterocycles. The van der Waals surface area contributed by atoms with Gasteiger partial charge in [0.15, 0.2) is 0 Å². The van der Waals surface area contributed by atoms with Crippen LogP contribution in [0, 0.1) is 12.7 Å². The van der Waals surface area contributed by atoms with Crippen LogP contribution in [0.2, 0.25) is 0 Å². The molecule has 0 unspecified atom stereocenters. The third-order valence-electron chi connectivity index (χ3n) is 2.12. The fraction of sp³-hybridized carbons (Fsp3) is 0.182. The molecule has 0 bridgehead atoms. The van der Waals surface area contributed by atoms with Crippen molar-refractivity contribution < 1.29 is 9.13 Å². The summed E-state index contributed by atoms with van der Waals surface area (Å²) < 4.78 is 18.5. The van der Waals surface area contributed by atoms with E-state index in [-0.39, 0.29) is 5.82 Å². The maximum atomic E-state index is 13.4. The summed E-state index contributed by atoms with van der Waals surface area (Å²) >= 11 is 0. The predicted octanol–water partition coefficient (Wildman–Crippen LogP) is 2.69. The van der Waals surface area contributed by atoms with Crippen LogP contribution >= 0.6 is 0 Å². The second-order valence-electron chi connectivity index (χ2n) is 3.16. The first-order chi connectivity index (χ1) is 6.72. The van der Waals surface area contributed by atoms with Gasteiger partial charge in [-0.15, -0.1) is 0 Å². The standard InChI is InChI=1S/C11H10FNO/c1-7-5-8-9(12)3-4-10(14-2)11(8)13-6-7/h3-6H,1-2H3. The van der Waals surface area contributed by atoms with E-state index in [0.29, 0.717) is 16.7 Å². The molecule has 2 rings (SSSR count). The number of aryl methyl sites for hydroxylation is 1. The van der Waals surface area contributed by atoms with Gasteiger partial charge in [-0.1, -0.05) is 0 Å². The third kappa shape index (κ3) is 1.31. The number of hydrogen-bond donors (Lipinski definition) is 0. The van der Waals surface area contributed by atoms with Gasteiger partial charge in [0.25, 0.3) is 0 Å². The van der Waals surface area contributed by atoms with Crippen molar-refractivity contribution in [1.29, 1.82) is 0 Å². The highest BCUT2D eigenvalue weighted by Gasteiger charge is 2.07. The van der Waals surface area contributed by atoms with Crippen LogP contribution in [0.4, 0.5) is 4.39 Å². The number of rotatable bonds is 1. The summed E-state index contributed by atoms with van der Waals surface area (Å²) in [6, 6.07) is 4.74. The zero-order chi connectivity index (χ0) is 10.1. The average Bonchev–Trinajstić information content (AvgIpc) is 2.19. The number of aromatic nitrogens is 1. The van der Waals surface area contributed by atoms with Gasteiger partial charge >= 0.3 is 0 Å². The van der Waals surface area contributed by atoms with Crippen molar-refractivity contribution in [1.82, 2.24) is 4.98 Å². The summed E-state index contributed by atoms with van der Waals surface area (Å²) in [5.74, 6) is 0.332. The van der Waals surface area contributed by atoms with Crippen LogP contribution in [0.15, 0.2) is 24.4 Å². The smallest absolute Gasteiger partial charge is 0.145 e. The molecule has 14 heavy (non-hydrogen) atoms. The SMILES string of the molecule is COc1ccc(F)c2cc(C)cnc12. The molecular formula is C11H10FNO. The summed E-state index contributed by atoms with van der Waals surface area (Å²) in [5, 5.41) is 0.504. The lowest BCUT2D eigenvalue weighted by molar-refractivity contribution is 0.418. The number of pyridine rings is 1. The zero-order valence-corrected chi connectivity index (χ0v) is 8.04. The first kappa shape index (κ1) is 8.94. The zero-order valence-electron chi connectivity index (χ0n) is 8.04. The molecule has 0 spiro atoms. The van der Waals surface area contributed by atoms with Crippen molar-refractivity contribution in [2.75, 3.05) is 7.11 Å². The molecule has 0 atom stereocenters. The molecule has 0 amide bonds. The van der Waals surface area contributed by atoms with Crippen LogP contribution in [0.1, 0.15) is 5.56 Å². The Morgan fingerprint density at radius 1 is 1.36 bits per heavy atom. The van der Waals surface area contributed by atoms with E-state index in [9.17, 15) is 4.39 Å². The Morgan fingerprint density at radius 3 is 2.86 bits per heavy atom. The topological polar surface area (TPSA) is 22.1 Å². The van der Waals surface area contributed by atoms with Crippen molar-refractivity contribution >= 4 is 10.9 Å². The molecule has 0 saturated carbocycles. The average molecular weight is 191 g/mol. The highest BCUT2D eigenvalue weighted by atomic mass is 19.1. The molecule has 72 valence electrons. The first-order valence-corrected chi connectivity index (χ1v) is 4.31. The van der Waals surface area contributed by atoms with Crippen molar-refractivity contribution in [3.8, 4) is 5.75 Å². The maximum absolute atomic E-state index is 13.4. The fourth-order valence-corrected chi connectivity index (χ4v) is 1.43. The normalized spacial score (nSPS) is 10.5. The third-order valence-corrected chi connectivity index (χ3v) is 2.12. The highest BCUT2D eigenvalue weighted by molar-refractivity contribution is 5.85. The number of nitrogens with zero attached hydrogens (tertiary/aromatic N) is 1. The van der Waals surface area contributed by atoms with Crippen LogP contribution in [-0.2, 0) is 0 Å². The van der Waals surface area contributed by atoms with Crippen molar-refractivity contribution in [2.45, 2.75) is 6.92 Å². The van der Waals surface area contributed by atoms with E-state index in [1.54, 1.807) is 25.4 Å². The molecule has 1 aromatic heterocycles. The van der Waals surface area contributed by atoms with E-state index in [2.05, 4.69) is 4.98 Å². The fourth-order valence-electron chi connectivity index (χ4n) is 1.43. The van der Waals surface area contributed by atoms with Gasteiger partial charge in [0, 0.05) is 11.6 Å². The van der Waals surface area contributed by atoms with Crippen molar-refractivity contribution in [3.63, 3.8) is 0 Å². The van der Waals surface area contributed by atoms with Crippen LogP contribution in [0.5, 0.6) is 5.75 Å². The molecule has 0 N–H and O–H groups in total. The Labute approximate surface area is 81.3 Å². The minimum Gasteiger partial charge on any atom is -0.494 e. The molecule has 3 heteroatoms. The number of halogens is 1. The lowest BCUT2D eigenvalue weighted by atomic mass is 10.1. The van der Waals surface area contributed by atoms with Gasteiger partial charge in [-0.25, -0.2) is 4.39 Å². The molecule has 1 heterocycles. The quantitative estimate of drug-likeness (QED) is 0.691. The Balaban J connectivity index is 2.84. The second kappa shape index (κ2) is 3.25. The van der Waals surface area contributed by atoms with E-state index in [4.69, 9.17) is 4.74 Å². The van der Waals surface area contributed by atoms with Gasteiger partial charge in [0.2, 0.25) is 0 Å². The molecule has 0 aliphatic heterocycles. The minimum absolute atomic E-state index is 0.267. The van der Waals surface area contributed by atoms with Gasteiger partial charge in [0.05, 0.1) is 7.11 Å². The number of fused-ring (bicyclic) bond motifs is 1. The number of ether oxygens (including phenoxy) is 1. The van der Waals surface area contributed by atoms with Crippen LogP contribution in [0.3, 0.4) is 0 Å². The first-order valence-electron chi connectivity index (χ1n) is 4.31. The molecule has 2 aromatic rings. The summed E-state index contributed by atoms with van der Waals surface area (Å²) in [7, 11) is 1.55. The summed E-state index contributed by atoms with van der Waals surface area (Å²) in [5.41, 5.74) is 1.50. The van der Waals surface area contributed by atoms with E-state index in [0.717, 1.165) is 5.56 Å². The molecule has 0 aliphatic carbocycles. The van der Waals surface area contributed by atoms with E-state index >= 15 is 0 Å². The largest absolute Gasteiger partial charge is 0.494 e. The number of hydrogen-bond acceptors (Lipinski definition) is 2. The molecule has 0 fully saturated rings. The van der Waals surface area contributed by atoms with Crippen LogP contribution < -0.4 is 4.74 Å². The van der Waals surface area contributed by atoms with E-state index in [1.807, 2.05) is 6.92 Å². The lowest BCUT2D eigenvalue weighted by Gasteiger charge is -2.05. The van der Waals surface area contributed by atoms with Crippen LogP contribution in [0.25, 0.3) is 10.9 Å². The van der Waals surface area contributed by atoms with Crippen LogP contribution in [-0.4, -0.2) is 12.1 Å². The second-order valence-corrected chi connectivity index (χ2v) is 3.16.